The molecule has 1 rings (SSSR count). The van der Waals surface area contributed by atoms with Gasteiger partial charge in [0.1, 0.15) is 11.6 Å². The number of benzene rings is 1. The molecule has 1 aromatic rings. The van der Waals surface area contributed by atoms with E-state index in [2.05, 4.69) is 0 Å². The van der Waals surface area contributed by atoms with Crippen molar-refractivity contribution in [3.05, 3.63) is 29.3 Å². The first kappa shape index (κ1) is 10.6. The molecule has 3 heteroatoms. The van der Waals surface area contributed by atoms with E-state index in [0.717, 1.165) is 23.3 Å². The SMILES string of the molecule is CCOc1cccc(C(=N)N)c1CC. The van der Waals surface area contributed by atoms with E-state index in [1.807, 2.05) is 32.0 Å². The number of hydrogen-bond donors (Lipinski definition) is 2. The fourth-order valence-corrected chi connectivity index (χ4v) is 1.47. The van der Waals surface area contributed by atoms with Crippen molar-refractivity contribution in [1.82, 2.24) is 0 Å². The van der Waals surface area contributed by atoms with Gasteiger partial charge in [0, 0.05) is 11.1 Å². The average molecular weight is 192 g/mol. The summed E-state index contributed by atoms with van der Waals surface area (Å²) in [6, 6.07) is 5.62. The summed E-state index contributed by atoms with van der Waals surface area (Å²) in [6.45, 7) is 4.61. The van der Waals surface area contributed by atoms with E-state index in [4.69, 9.17) is 15.9 Å². The minimum Gasteiger partial charge on any atom is -0.494 e. The molecule has 0 aliphatic carbocycles. The van der Waals surface area contributed by atoms with Crippen LogP contribution in [0.15, 0.2) is 18.2 Å². The molecular formula is C11H16N2O. The van der Waals surface area contributed by atoms with Crippen LogP contribution in [0.5, 0.6) is 5.75 Å². The molecule has 0 aromatic heterocycles. The van der Waals surface area contributed by atoms with Crippen LogP contribution < -0.4 is 10.5 Å². The van der Waals surface area contributed by atoms with Crippen LogP contribution in [0.25, 0.3) is 0 Å². The second-order valence-corrected chi connectivity index (χ2v) is 2.98. The number of nitrogens with one attached hydrogen (secondary N) is 1. The largest absolute Gasteiger partial charge is 0.494 e. The Morgan fingerprint density at radius 3 is 2.64 bits per heavy atom. The second kappa shape index (κ2) is 4.65. The highest BCUT2D eigenvalue weighted by Crippen LogP contribution is 2.22. The molecule has 0 bridgehead atoms. The van der Waals surface area contributed by atoms with Gasteiger partial charge in [0.05, 0.1) is 6.61 Å². The van der Waals surface area contributed by atoms with E-state index in [-0.39, 0.29) is 5.84 Å². The third-order valence-corrected chi connectivity index (χ3v) is 2.08. The summed E-state index contributed by atoms with van der Waals surface area (Å²) in [5, 5.41) is 7.43. The van der Waals surface area contributed by atoms with E-state index in [0.29, 0.717) is 6.61 Å². The van der Waals surface area contributed by atoms with Crippen LogP contribution in [-0.4, -0.2) is 12.4 Å². The molecule has 0 saturated heterocycles. The smallest absolute Gasteiger partial charge is 0.123 e. The zero-order chi connectivity index (χ0) is 10.6. The molecule has 0 amide bonds. The van der Waals surface area contributed by atoms with E-state index in [9.17, 15) is 0 Å². The lowest BCUT2D eigenvalue weighted by molar-refractivity contribution is 0.337. The van der Waals surface area contributed by atoms with Crippen molar-refractivity contribution < 1.29 is 4.74 Å². The predicted molar refractivity (Wildman–Crippen MR) is 58.0 cm³/mol. The molecule has 3 nitrogen and oxygen atoms in total. The first-order valence-electron chi connectivity index (χ1n) is 4.79. The van der Waals surface area contributed by atoms with Crippen molar-refractivity contribution in [3.63, 3.8) is 0 Å². The Kier molecular flexibility index (Phi) is 3.51. The summed E-state index contributed by atoms with van der Waals surface area (Å²) >= 11 is 0. The van der Waals surface area contributed by atoms with Crippen molar-refractivity contribution in [2.75, 3.05) is 6.61 Å². The van der Waals surface area contributed by atoms with Gasteiger partial charge in [0.25, 0.3) is 0 Å². The zero-order valence-corrected chi connectivity index (χ0v) is 8.63. The van der Waals surface area contributed by atoms with Gasteiger partial charge in [0.15, 0.2) is 0 Å². The number of amidine groups is 1. The standard InChI is InChI=1S/C11H16N2O/c1-3-8-9(11(12)13)6-5-7-10(8)14-4-2/h5-7H,3-4H2,1-2H3,(H3,12,13). The molecule has 3 N–H and O–H groups in total. The minimum atomic E-state index is 0.100. The fraction of sp³-hybridized carbons (Fsp3) is 0.364. The maximum absolute atomic E-state index is 7.43. The van der Waals surface area contributed by atoms with Crippen LogP contribution in [0.1, 0.15) is 25.0 Å². The van der Waals surface area contributed by atoms with Gasteiger partial charge in [-0.25, -0.2) is 0 Å². The molecule has 0 saturated carbocycles. The number of rotatable bonds is 4. The Morgan fingerprint density at radius 2 is 2.14 bits per heavy atom. The van der Waals surface area contributed by atoms with E-state index >= 15 is 0 Å². The number of ether oxygens (including phenoxy) is 1. The predicted octanol–water partition coefficient (Wildman–Crippen LogP) is 1.93. The molecule has 0 heterocycles. The third kappa shape index (κ3) is 2.05. The monoisotopic (exact) mass is 192 g/mol. The van der Waals surface area contributed by atoms with Gasteiger partial charge in [-0.1, -0.05) is 19.1 Å². The summed E-state index contributed by atoms with van der Waals surface area (Å²) < 4.78 is 5.47. The highest BCUT2D eigenvalue weighted by atomic mass is 16.5. The molecule has 1 aromatic carbocycles. The van der Waals surface area contributed by atoms with Crippen LogP contribution in [0.2, 0.25) is 0 Å². The lowest BCUT2D eigenvalue weighted by atomic mass is 10.0. The van der Waals surface area contributed by atoms with Gasteiger partial charge in [-0.2, -0.15) is 0 Å². The van der Waals surface area contributed by atoms with E-state index in [1.165, 1.54) is 0 Å². The summed E-state index contributed by atoms with van der Waals surface area (Å²) in [4.78, 5) is 0. The van der Waals surface area contributed by atoms with Gasteiger partial charge in [-0.15, -0.1) is 0 Å². The first-order valence-corrected chi connectivity index (χ1v) is 4.79. The van der Waals surface area contributed by atoms with Crippen molar-refractivity contribution in [2.45, 2.75) is 20.3 Å². The van der Waals surface area contributed by atoms with Gasteiger partial charge < -0.3 is 10.5 Å². The maximum atomic E-state index is 7.43. The molecule has 0 aliphatic rings. The molecular weight excluding hydrogens is 176 g/mol. The second-order valence-electron chi connectivity index (χ2n) is 2.98. The quantitative estimate of drug-likeness (QED) is 0.565. The molecule has 0 fully saturated rings. The summed E-state index contributed by atoms with van der Waals surface area (Å²) in [5.74, 6) is 0.936. The summed E-state index contributed by atoms with van der Waals surface area (Å²) in [5.41, 5.74) is 7.27. The maximum Gasteiger partial charge on any atom is 0.123 e. The normalized spacial score (nSPS) is 9.86. The van der Waals surface area contributed by atoms with Gasteiger partial charge in [0.2, 0.25) is 0 Å². The molecule has 14 heavy (non-hydrogen) atoms. The van der Waals surface area contributed by atoms with Crippen molar-refractivity contribution in [2.24, 2.45) is 5.73 Å². The molecule has 76 valence electrons. The third-order valence-electron chi connectivity index (χ3n) is 2.08. The van der Waals surface area contributed by atoms with Crippen LogP contribution in [0, 0.1) is 5.41 Å². The lowest BCUT2D eigenvalue weighted by Crippen LogP contribution is -2.14. The highest BCUT2D eigenvalue weighted by molar-refractivity contribution is 5.97. The van der Waals surface area contributed by atoms with Gasteiger partial charge in [-0.05, 0) is 19.4 Å². The van der Waals surface area contributed by atoms with Crippen molar-refractivity contribution >= 4 is 5.84 Å². The Balaban J connectivity index is 3.17. The van der Waals surface area contributed by atoms with Crippen LogP contribution >= 0.6 is 0 Å². The molecule has 0 unspecified atom stereocenters. The van der Waals surface area contributed by atoms with Crippen LogP contribution in [0.3, 0.4) is 0 Å². The fourth-order valence-electron chi connectivity index (χ4n) is 1.47. The zero-order valence-electron chi connectivity index (χ0n) is 8.63. The Labute approximate surface area is 84.4 Å². The average Bonchev–Trinajstić information content (AvgIpc) is 2.18. The summed E-state index contributed by atoms with van der Waals surface area (Å²) in [6.07, 6.45) is 0.824. The van der Waals surface area contributed by atoms with Crippen LogP contribution in [0.4, 0.5) is 0 Å². The Morgan fingerprint density at radius 1 is 1.43 bits per heavy atom. The highest BCUT2D eigenvalue weighted by Gasteiger charge is 2.08. The minimum absolute atomic E-state index is 0.100. The van der Waals surface area contributed by atoms with Gasteiger partial charge >= 0.3 is 0 Å². The summed E-state index contributed by atoms with van der Waals surface area (Å²) in [7, 11) is 0. The number of hydrogen-bond acceptors (Lipinski definition) is 2. The van der Waals surface area contributed by atoms with Crippen LogP contribution in [-0.2, 0) is 6.42 Å². The van der Waals surface area contributed by atoms with E-state index in [1.54, 1.807) is 0 Å². The first-order chi connectivity index (χ1) is 6.70. The molecule has 0 spiro atoms. The van der Waals surface area contributed by atoms with Crippen molar-refractivity contribution in [1.29, 1.82) is 5.41 Å². The lowest BCUT2D eigenvalue weighted by Gasteiger charge is -2.12. The Hall–Kier alpha value is -1.51. The number of nitrogens with two attached hydrogens (primary N) is 1. The number of nitrogen functional groups attached to an aromatic ring is 1. The van der Waals surface area contributed by atoms with Crippen molar-refractivity contribution in [3.8, 4) is 5.75 Å². The molecule has 0 atom stereocenters. The molecule has 0 aliphatic heterocycles. The topological polar surface area (TPSA) is 59.1 Å². The van der Waals surface area contributed by atoms with Gasteiger partial charge in [-0.3, -0.25) is 5.41 Å². The molecule has 0 radical (unpaired) electrons. The van der Waals surface area contributed by atoms with E-state index < -0.39 is 0 Å². The Bertz CT molecular complexity index is 334.